The standard InChI is InChI=1S/C16H15FN2O3/c1-10-3-5-11(6-4-10)15(20)18-19-16(21)13-8-7-12(22-2)9-14(13)17/h3-9H,1-2H3,(H,18,20)(H,19,21). The van der Waals surface area contributed by atoms with Crippen molar-refractivity contribution < 1.29 is 18.7 Å². The van der Waals surface area contributed by atoms with Gasteiger partial charge in [-0.15, -0.1) is 0 Å². The van der Waals surface area contributed by atoms with Gasteiger partial charge in [0.25, 0.3) is 11.8 Å². The van der Waals surface area contributed by atoms with Crippen LogP contribution in [0.15, 0.2) is 42.5 Å². The Morgan fingerprint density at radius 2 is 1.64 bits per heavy atom. The number of aryl methyl sites for hydroxylation is 1. The lowest BCUT2D eigenvalue weighted by molar-refractivity contribution is 0.0844. The van der Waals surface area contributed by atoms with Crippen molar-refractivity contribution in [3.63, 3.8) is 0 Å². The van der Waals surface area contributed by atoms with E-state index in [0.717, 1.165) is 11.6 Å². The molecule has 0 aromatic heterocycles. The predicted molar refractivity (Wildman–Crippen MR) is 79.1 cm³/mol. The summed E-state index contributed by atoms with van der Waals surface area (Å²) >= 11 is 0. The number of halogens is 1. The maximum absolute atomic E-state index is 13.7. The molecule has 0 radical (unpaired) electrons. The van der Waals surface area contributed by atoms with Crippen molar-refractivity contribution in [2.45, 2.75) is 6.92 Å². The highest BCUT2D eigenvalue weighted by atomic mass is 19.1. The molecular weight excluding hydrogens is 287 g/mol. The number of carbonyl (C=O) groups is 2. The highest BCUT2D eigenvalue weighted by Gasteiger charge is 2.13. The van der Waals surface area contributed by atoms with E-state index < -0.39 is 17.6 Å². The number of nitrogens with one attached hydrogen (secondary N) is 2. The quantitative estimate of drug-likeness (QED) is 0.854. The zero-order valence-corrected chi connectivity index (χ0v) is 12.1. The minimum atomic E-state index is -0.749. The molecule has 0 fully saturated rings. The average Bonchev–Trinajstić information content (AvgIpc) is 2.52. The molecule has 0 bridgehead atoms. The number of carbonyl (C=O) groups excluding carboxylic acids is 2. The second kappa shape index (κ2) is 6.71. The maximum atomic E-state index is 13.7. The van der Waals surface area contributed by atoms with Crippen LogP contribution in [0.5, 0.6) is 5.75 Å². The Bertz CT molecular complexity index is 699. The molecule has 0 heterocycles. The first-order chi connectivity index (χ1) is 10.5. The zero-order valence-electron chi connectivity index (χ0n) is 12.1. The molecular formula is C16H15FN2O3. The van der Waals surface area contributed by atoms with Crippen LogP contribution >= 0.6 is 0 Å². The summed E-state index contributed by atoms with van der Waals surface area (Å²) in [6, 6.07) is 10.6. The van der Waals surface area contributed by atoms with Crippen LogP contribution in [-0.4, -0.2) is 18.9 Å². The van der Waals surface area contributed by atoms with E-state index in [-0.39, 0.29) is 5.56 Å². The van der Waals surface area contributed by atoms with Crippen LogP contribution in [0.1, 0.15) is 26.3 Å². The number of rotatable bonds is 3. The van der Waals surface area contributed by atoms with Gasteiger partial charge in [0.1, 0.15) is 11.6 Å². The van der Waals surface area contributed by atoms with Gasteiger partial charge in [-0.2, -0.15) is 0 Å². The molecule has 0 atom stereocenters. The van der Waals surface area contributed by atoms with Gasteiger partial charge in [0.2, 0.25) is 0 Å². The minimum Gasteiger partial charge on any atom is -0.497 e. The summed E-state index contributed by atoms with van der Waals surface area (Å²) < 4.78 is 18.6. The number of amides is 2. The van der Waals surface area contributed by atoms with E-state index in [2.05, 4.69) is 10.9 Å². The van der Waals surface area contributed by atoms with E-state index >= 15 is 0 Å². The summed E-state index contributed by atoms with van der Waals surface area (Å²) in [5.41, 5.74) is 5.62. The number of benzene rings is 2. The van der Waals surface area contributed by atoms with Crippen LogP contribution in [0.2, 0.25) is 0 Å². The van der Waals surface area contributed by atoms with Crippen molar-refractivity contribution in [3.05, 3.63) is 65.0 Å². The first kappa shape index (κ1) is 15.5. The summed E-state index contributed by atoms with van der Waals surface area (Å²) in [6.45, 7) is 1.90. The SMILES string of the molecule is COc1ccc(C(=O)NNC(=O)c2ccc(C)cc2)c(F)c1. The molecule has 2 aromatic carbocycles. The van der Waals surface area contributed by atoms with Crippen LogP contribution in [0.4, 0.5) is 4.39 Å². The molecule has 0 saturated carbocycles. The normalized spacial score (nSPS) is 9.95. The van der Waals surface area contributed by atoms with E-state index in [9.17, 15) is 14.0 Å². The van der Waals surface area contributed by atoms with E-state index in [1.807, 2.05) is 6.92 Å². The van der Waals surface area contributed by atoms with Crippen molar-refractivity contribution >= 4 is 11.8 Å². The highest BCUT2D eigenvalue weighted by Crippen LogP contribution is 2.15. The molecule has 22 heavy (non-hydrogen) atoms. The van der Waals surface area contributed by atoms with E-state index in [0.29, 0.717) is 11.3 Å². The van der Waals surface area contributed by atoms with Gasteiger partial charge >= 0.3 is 0 Å². The van der Waals surface area contributed by atoms with Gasteiger partial charge in [-0.1, -0.05) is 17.7 Å². The molecule has 0 aliphatic rings. The fraction of sp³-hybridized carbons (Fsp3) is 0.125. The second-order valence-electron chi connectivity index (χ2n) is 4.62. The molecule has 2 N–H and O–H groups in total. The summed E-state index contributed by atoms with van der Waals surface area (Å²) in [7, 11) is 1.40. The maximum Gasteiger partial charge on any atom is 0.272 e. The molecule has 0 saturated heterocycles. The van der Waals surface area contributed by atoms with Crippen molar-refractivity contribution in [2.24, 2.45) is 0 Å². The number of ether oxygens (including phenoxy) is 1. The lowest BCUT2D eigenvalue weighted by atomic mass is 10.1. The largest absolute Gasteiger partial charge is 0.497 e. The van der Waals surface area contributed by atoms with Crippen LogP contribution < -0.4 is 15.6 Å². The first-order valence-electron chi connectivity index (χ1n) is 6.52. The van der Waals surface area contributed by atoms with Crippen LogP contribution in [0.25, 0.3) is 0 Å². The number of hydrogen-bond acceptors (Lipinski definition) is 3. The second-order valence-corrected chi connectivity index (χ2v) is 4.62. The topological polar surface area (TPSA) is 67.4 Å². The van der Waals surface area contributed by atoms with E-state index in [1.54, 1.807) is 24.3 Å². The Morgan fingerprint density at radius 3 is 2.23 bits per heavy atom. The van der Waals surface area contributed by atoms with Crippen LogP contribution in [0, 0.1) is 12.7 Å². The number of hydrogen-bond donors (Lipinski definition) is 2. The van der Waals surface area contributed by atoms with Gasteiger partial charge in [0, 0.05) is 11.6 Å². The van der Waals surface area contributed by atoms with Crippen molar-refractivity contribution in [2.75, 3.05) is 7.11 Å². The van der Waals surface area contributed by atoms with Gasteiger partial charge in [-0.05, 0) is 31.2 Å². The first-order valence-corrected chi connectivity index (χ1v) is 6.52. The summed E-state index contributed by atoms with van der Waals surface area (Å²) in [5.74, 6) is -1.66. The van der Waals surface area contributed by atoms with Crippen LogP contribution in [-0.2, 0) is 0 Å². The number of hydrazine groups is 1. The Hall–Kier alpha value is -2.89. The van der Waals surface area contributed by atoms with Gasteiger partial charge in [-0.25, -0.2) is 4.39 Å². The third kappa shape index (κ3) is 3.60. The molecule has 5 nitrogen and oxygen atoms in total. The van der Waals surface area contributed by atoms with Crippen molar-refractivity contribution in [1.82, 2.24) is 10.9 Å². The van der Waals surface area contributed by atoms with E-state index in [4.69, 9.17) is 4.74 Å². The molecule has 114 valence electrons. The Morgan fingerprint density at radius 1 is 1.00 bits per heavy atom. The molecule has 2 aromatic rings. The third-order valence-electron chi connectivity index (χ3n) is 3.02. The van der Waals surface area contributed by atoms with Crippen LogP contribution in [0.3, 0.4) is 0 Å². The highest BCUT2D eigenvalue weighted by molar-refractivity contribution is 5.99. The molecule has 6 heteroatoms. The lowest BCUT2D eigenvalue weighted by Crippen LogP contribution is -2.41. The molecule has 0 aliphatic carbocycles. The molecule has 0 unspecified atom stereocenters. The average molecular weight is 302 g/mol. The molecule has 0 spiro atoms. The number of methoxy groups -OCH3 is 1. The summed E-state index contributed by atoms with van der Waals surface area (Å²) in [4.78, 5) is 23.7. The minimum absolute atomic E-state index is 0.190. The molecule has 2 amide bonds. The van der Waals surface area contributed by atoms with Gasteiger partial charge in [-0.3, -0.25) is 20.4 Å². The Balaban J connectivity index is 2.00. The van der Waals surface area contributed by atoms with Crippen molar-refractivity contribution in [3.8, 4) is 5.75 Å². The lowest BCUT2D eigenvalue weighted by Gasteiger charge is -2.09. The Labute approximate surface area is 127 Å². The predicted octanol–water partition coefficient (Wildman–Crippen LogP) is 2.22. The molecule has 0 aliphatic heterocycles. The summed E-state index contributed by atoms with van der Waals surface area (Å²) in [5, 5.41) is 0. The Kier molecular flexibility index (Phi) is 4.73. The molecule has 2 rings (SSSR count). The van der Waals surface area contributed by atoms with Crippen molar-refractivity contribution in [1.29, 1.82) is 0 Å². The fourth-order valence-electron chi connectivity index (χ4n) is 1.76. The zero-order chi connectivity index (χ0) is 16.1. The van der Waals surface area contributed by atoms with Gasteiger partial charge < -0.3 is 4.74 Å². The van der Waals surface area contributed by atoms with Gasteiger partial charge in [0.05, 0.1) is 12.7 Å². The van der Waals surface area contributed by atoms with Gasteiger partial charge in [0.15, 0.2) is 0 Å². The fourth-order valence-corrected chi connectivity index (χ4v) is 1.76. The third-order valence-corrected chi connectivity index (χ3v) is 3.02. The summed E-state index contributed by atoms with van der Waals surface area (Å²) in [6.07, 6.45) is 0. The smallest absolute Gasteiger partial charge is 0.272 e. The monoisotopic (exact) mass is 302 g/mol. The van der Waals surface area contributed by atoms with E-state index in [1.165, 1.54) is 19.2 Å².